The lowest BCUT2D eigenvalue weighted by Crippen LogP contribution is -2.45. The molecule has 0 radical (unpaired) electrons. The Morgan fingerprint density at radius 1 is 1.22 bits per heavy atom. The molecular weight excluding hydrogens is 494 g/mol. The summed E-state index contributed by atoms with van der Waals surface area (Å²) in [4.78, 5) is 41.1. The van der Waals surface area contributed by atoms with E-state index in [4.69, 9.17) is 20.9 Å². The van der Waals surface area contributed by atoms with Gasteiger partial charge in [-0.2, -0.15) is 4.37 Å². The maximum Gasteiger partial charge on any atom is 0.273 e. The lowest BCUT2D eigenvalue weighted by Gasteiger charge is -2.32. The molecule has 0 aliphatic carbocycles. The highest BCUT2D eigenvalue weighted by atomic mass is 32.1. The van der Waals surface area contributed by atoms with Crippen molar-refractivity contribution in [2.75, 3.05) is 30.9 Å². The Morgan fingerprint density at radius 3 is 2.54 bits per heavy atom. The van der Waals surface area contributed by atoms with Crippen molar-refractivity contribution < 1.29 is 23.9 Å². The molecule has 1 fully saturated rings. The van der Waals surface area contributed by atoms with Gasteiger partial charge in [-0.3, -0.25) is 19.3 Å². The van der Waals surface area contributed by atoms with E-state index in [9.17, 15) is 14.4 Å². The van der Waals surface area contributed by atoms with Gasteiger partial charge in [0.1, 0.15) is 16.7 Å². The second-order valence-corrected chi connectivity index (χ2v) is 9.43. The topological polar surface area (TPSA) is 150 Å². The number of carbonyl (C=O) groups excluding carboxylic acids is 3. The van der Waals surface area contributed by atoms with Crippen molar-refractivity contribution in [1.29, 1.82) is 0 Å². The molecule has 0 spiro atoms. The van der Waals surface area contributed by atoms with E-state index in [1.807, 2.05) is 19.1 Å². The molecule has 0 saturated carbocycles. The highest BCUT2D eigenvalue weighted by Gasteiger charge is 2.37. The number of methoxy groups -OCH3 is 1. The van der Waals surface area contributed by atoms with E-state index in [0.717, 1.165) is 29.9 Å². The lowest BCUT2D eigenvalue weighted by atomic mass is 10.0. The van der Waals surface area contributed by atoms with Crippen LogP contribution < -0.4 is 26.4 Å². The summed E-state index contributed by atoms with van der Waals surface area (Å²) in [7, 11) is 1.55. The molecule has 1 saturated heterocycles. The number of rotatable bonds is 9. The normalized spacial score (nSPS) is 15.7. The first kappa shape index (κ1) is 26.1. The standard InChI is InChI=1S/C26H29N5O5S/c1-15-6-3-4-8-19(15)31(26(34)23-20(27)21(24(28)32)30-37-23)22(16-9-11-17(35-2)12-10-16)25(33)29-14-18-7-5-13-36-18/h3-4,6,8-12,18,22H,5,7,13-14,27H2,1-2H3,(H2,28,32)(H,29,33)/t18-,22-/m0/s1. The third-order valence-corrected chi connectivity index (χ3v) is 7.07. The summed E-state index contributed by atoms with van der Waals surface area (Å²) in [6.45, 7) is 2.81. The van der Waals surface area contributed by atoms with Crippen molar-refractivity contribution in [3.8, 4) is 5.75 Å². The summed E-state index contributed by atoms with van der Waals surface area (Å²) in [5.41, 5.74) is 13.0. The first-order valence-electron chi connectivity index (χ1n) is 11.8. The number of primary amides is 1. The highest BCUT2D eigenvalue weighted by Crippen LogP contribution is 2.35. The molecule has 194 valence electrons. The molecule has 37 heavy (non-hydrogen) atoms. The predicted molar refractivity (Wildman–Crippen MR) is 141 cm³/mol. The van der Waals surface area contributed by atoms with E-state index in [1.54, 1.807) is 43.5 Å². The van der Waals surface area contributed by atoms with Crippen LogP contribution in [0.25, 0.3) is 0 Å². The molecule has 3 amide bonds. The first-order valence-corrected chi connectivity index (χ1v) is 12.6. The maximum atomic E-state index is 14.1. The monoisotopic (exact) mass is 523 g/mol. The number of carbonyl (C=O) groups is 3. The summed E-state index contributed by atoms with van der Waals surface area (Å²) in [6, 6.07) is 13.1. The quantitative estimate of drug-likeness (QED) is 0.390. The number of nitrogens with two attached hydrogens (primary N) is 2. The fourth-order valence-electron chi connectivity index (χ4n) is 4.26. The molecule has 10 nitrogen and oxygen atoms in total. The zero-order chi connectivity index (χ0) is 26.5. The summed E-state index contributed by atoms with van der Waals surface area (Å²) in [5.74, 6) is -1.20. The molecule has 0 bridgehead atoms. The number of aryl methyl sites for hydroxylation is 1. The van der Waals surface area contributed by atoms with Crippen LogP contribution in [-0.2, 0) is 9.53 Å². The molecule has 4 rings (SSSR count). The first-order chi connectivity index (χ1) is 17.8. The fourth-order valence-corrected chi connectivity index (χ4v) is 5.00. The van der Waals surface area contributed by atoms with Crippen molar-refractivity contribution in [2.24, 2.45) is 5.73 Å². The van der Waals surface area contributed by atoms with Gasteiger partial charge in [-0.05, 0) is 60.6 Å². The van der Waals surface area contributed by atoms with Gasteiger partial charge in [0.2, 0.25) is 5.91 Å². The van der Waals surface area contributed by atoms with Crippen LogP contribution in [0, 0.1) is 6.92 Å². The fraction of sp³-hybridized carbons (Fsp3) is 0.308. The number of nitrogens with zero attached hydrogens (tertiary/aromatic N) is 2. The number of amides is 3. The third-order valence-electron chi connectivity index (χ3n) is 6.22. The molecular formula is C26H29N5O5S. The third kappa shape index (κ3) is 5.57. The van der Waals surface area contributed by atoms with E-state index in [2.05, 4.69) is 9.69 Å². The number of para-hydroxylation sites is 1. The zero-order valence-corrected chi connectivity index (χ0v) is 21.4. The number of nitrogen functional groups attached to an aromatic ring is 1. The molecule has 2 aromatic carbocycles. The van der Waals surface area contributed by atoms with Gasteiger partial charge < -0.3 is 26.3 Å². The van der Waals surface area contributed by atoms with Crippen molar-refractivity contribution in [2.45, 2.75) is 31.9 Å². The van der Waals surface area contributed by atoms with Gasteiger partial charge in [-0.25, -0.2) is 0 Å². The van der Waals surface area contributed by atoms with Crippen molar-refractivity contribution in [3.63, 3.8) is 0 Å². The second kappa shape index (κ2) is 11.4. The zero-order valence-electron chi connectivity index (χ0n) is 20.6. The average molecular weight is 524 g/mol. The molecule has 0 unspecified atom stereocenters. The molecule has 1 aliphatic heterocycles. The second-order valence-electron chi connectivity index (χ2n) is 8.66. The smallest absolute Gasteiger partial charge is 0.273 e. The van der Waals surface area contributed by atoms with Gasteiger partial charge in [-0.1, -0.05) is 30.3 Å². The largest absolute Gasteiger partial charge is 0.497 e. The summed E-state index contributed by atoms with van der Waals surface area (Å²) in [5, 5.41) is 2.96. The average Bonchev–Trinajstić information content (AvgIpc) is 3.56. The Balaban J connectivity index is 1.82. The van der Waals surface area contributed by atoms with Crippen molar-refractivity contribution >= 4 is 40.6 Å². The minimum atomic E-state index is -1.07. The highest BCUT2D eigenvalue weighted by molar-refractivity contribution is 7.09. The van der Waals surface area contributed by atoms with Crippen LogP contribution >= 0.6 is 11.5 Å². The number of hydrogen-bond donors (Lipinski definition) is 3. The van der Waals surface area contributed by atoms with Gasteiger partial charge in [0.15, 0.2) is 5.69 Å². The molecule has 11 heteroatoms. The Labute approximate surface area is 218 Å². The Hall–Kier alpha value is -3.96. The number of benzene rings is 2. The molecule has 2 heterocycles. The molecule has 1 aliphatic rings. The summed E-state index contributed by atoms with van der Waals surface area (Å²) >= 11 is 0.767. The lowest BCUT2D eigenvalue weighted by molar-refractivity contribution is -0.123. The van der Waals surface area contributed by atoms with Crippen LogP contribution in [-0.4, -0.2) is 48.5 Å². The van der Waals surface area contributed by atoms with Crippen LogP contribution in [0.2, 0.25) is 0 Å². The van der Waals surface area contributed by atoms with Gasteiger partial charge in [0, 0.05) is 18.8 Å². The predicted octanol–water partition coefficient (Wildman–Crippen LogP) is 2.82. The van der Waals surface area contributed by atoms with Gasteiger partial charge in [0.05, 0.1) is 18.9 Å². The molecule has 2 atom stereocenters. The Kier molecular flexibility index (Phi) is 8.04. The van der Waals surface area contributed by atoms with Gasteiger partial charge in [0.25, 0.3) is 11.8 Å². The number of ether oxygens (including phenoxy) is 2. The number of anilines is 2. The van der Waals surface area contributed by atoms with Crippen LogP contribution in [0.5, 0.6) is 5.75 Å². The number of aromatic nitrogens is 1. The number of hydrogen-bond acceptors (Lipinski definition) is 8. The molecule has 3 aromatic rings. The van der Waals surface area contributed by atoms with Crippen LogP contribution in [0.3, 0.4) is 0 Å². The van der Waals surface area contributed by atoms with E-state index >= 15 is 0 Å². The van der Waals surface area contributed by atoms with E-state index in [-0.39, 0.29) is 22.4 Å². The van der Waals surface area contributed by atoms with E-state index in [0.29, 0.717) is 30.2 Å². The van der Waals surface area contributed by atoms with E-state index < -0.39 is 23.8 Å². The van der Waals surface area contributed by atoms with E-state index in [1.165, 1.54) is 4.90 Å². The van der Waals surface area contributed by atoms with Crippen LogP contribution in [0.15, 0.2) is 48.5 Å². The minimum absolute atomic E-state index is 0.0162. The van der Waals surface area contributed by atoms with Gasteiger partial charge in [-0.15, -0.1) is 0 Å². The summed E-state index contributed by atoms with van der Waals surface area (Å²) in [6.07, 6.45) is 1.70. The van der Waals surface area contributed by atoms with Gasteiger partial charge >= 0.3 is 0 Å². The van der Waals surface area contributed by atoms with Crippen molar-refractivity contribution in [1.82, 2.24) is 9.69 Å². The van der Waals surface area contributed by atoms with Crippen molar-refractivity contribution in [3.05, 3.63) is 70.2 Å². The summed E-state index contributed by atoms with van der Waals surface area (Å²) < 4.78 is 14.9. The molecule has 1 aromatic heterocycles. The number of nitrogens with one attached hydrogen (secondary N) is 1. The van der Waals surface area contributed by atoms with Crippen LogP contribution in [0.4, 0.5) is 11.4 Å². The minimum Gasteiger partial charge on any atom is -0.497 e. The Bertz CT molecular complexity index is 1290. The SMILES string of the molecule is COc1ccc([C@@H](C(=O)NC[C@@H]2CCCO2)N(C(=O)c2snc(C(N)=O)c2N)c2ccccc2C)cc1. The maximum absolute atomic E-state index is 14.1. The van der Waals surface area contributed by atoms with Crippen LogP contribution in [0.1, 0.15) is 50.2 Å². The Morgan fingerprint density at radius 2 is 1.95 bits per heavy atom. The molecule has 5 N–H and O–H groups in total.